The molecule has 6 nitrogen and oxygen atoms in total. The minimum absolute atomic E-state index is 0.0171. The van der Waals surface area contributed by atoms with Gasteiger partial charge in [0.2, 0.25) is 5.91 Å². The summed E-state index contributed by atoms with van der Waals surface area (Å²) in [6.45, 7) is 1.67. The molecule has 1 atom stereocenters. The molecule has 1 aliphatic carbocycles. The molecule has 0 aliphatic heterocycles. The number of benzene rings is 2. The Kier molecular flexibility index (Phi) is 5.32. The van der Waals surface area contributed by atoms with Gasteiger partial charge >= 0.3 is 0 Å². The number of nitro benzene ring substituents is 1. The van der Waals surface area contributed by atoms with Crippen molar-refractivity contribution in [3.8, 4) is 0 Å². The first-order chi connectivity index (χ1) is 12.4. The lowest BCUT2D eigenvalue weighted by Gasteiger charge is -2.14. The van der Waals surface area contributed by atoms with Crippen molar-refractivity contribution < 1.29 is 14.8 Å². The van der Waals surface area contributed by atoms with E-state index in [0.29, 0.717) is 16.8 Å². The van der Waals surface area contributed by atoms with Crippen molar-refractivity contribution in [2.45, 2.75) is 45.1 Å². The number of nitro groups is 1. The number of aliphatic hydroxyl groups excluding tert-OH is 1. The maximum absolute atomic E-state index is 12.3. The number of amides is 1. The van der Waals surface area contributed by atoms with Crippen molar-refractivity contribution in [3.63, 3.8) is 0 Å². The minimum Gasteiger partial charge on any atom is -0.388 e. The van der Waals surface area contributed by atoms with Crippen LogP contribution < -0.4 is 5.32 Å². The van der Waals surface area contributed by atoms with Gasteiger partial charge in [0.1, 0.15) is 0 Å². The Morgan fingerprint density at radius 2 is 2.08 bits per heavy atom. The van der Waals surface area contributed by atoms with Gasteiger partial charge in [0.15, 0.2) is 0 Å². The van der Waals surface area contributed by atoms with Crippen molar-refractivity contribution in [3.05, 3.63) is 68.8 Å². The Bertz CT molecular complexity index is 848. The summed E-state index contributed by atoms with van der Waals surface area (Å²) in [5, 5.41) is 24.1. The van der Waals surface area contributed by atoms with E-state index in [1.165, 1.54) is 6.07 Å². The SMILES string of the molecule is Cc1ccc(CC(=O)Nc2ccc3c(c2)C(O)CCCC3)cc1[N+](=O)[O-]. The zero-order chi connectivity index (χ0) is 18.7. The largest absolute Gasteiger partial charge is 0.388 e. The fourth-order valence-electron chi connectivity index (χ4n) is 3.37. The molecule has 0 spiro atoms. The van der Waals surface area contributed by atoms with E-state index in [0.717, 1.165) is 36.8 Å². The number of anilines is 1. The van der Waals surface area contributed by atoms with Gasteiger partial charge in [-0.15, -0.1) is 0 Å². The average Bonchev–Trinajstić information content (AvgIpc) is 2.78. The molecule has 2 aromatic rings. The molecule has 0 aromatic heterocycles. The smallest absolute Gasteiger partial charge is 0.272 e. The molecule has 0 radical (unpaired) electrons. The zero-order valence-electron chi connectivity index (χ0n) is 14.7. The summed E-state index contributed by atoms with van der Waals surface area (Å²) < 4.78 is 0. The highest BCUT2D eigenvalue weighted by Crippen LogP contribution is 2.30. The molecule has 3 rings (SSSR count). The van der Waals surface area contributed by atoms with Gasteiger partial charge in [-0.05, 0) is 55.0 Å². The molecule has 136 valence electrons. The Morgan fingerprint density at radius 3 is 2.85 bits per heavy atom. The second-order valence-corrected chi connectivity index (χ2v) is 6.78. The molecule has 0 saturated carbocycles. The third-order valence-electron chi connectivity index (χ3n) is 4.80. The van der Waals surface area contributed by atoms with Crippen LogP contribution in [0.1, 0.15) is 47.6 Å². The molecule has 1 aliphatic rings. The average molecular weight is 354 g/mol. The Morgan fingerprint density at radius 1 is 1.27 bits per heavy atom. The molecule has 0 saturated heterocycles. The highest BCUT2D eigenvalue weighted by Gasteiger charge is 2.17. The predicted molar refractivity (Wildman–Crippen MR) is 99.1 cm³/mol. The number of nitrogens with zero attached hydrogens (tertiary/aromatic N) is 1. The third kappa shape index (κ3) is 4.08. The van der Waals surface area contributed by atoms with Gasteiger partial charge in [-0.1, -0.05) is 24.6 Å². The number of hydrogen-bond donors (Lipinski definition) is 2. The number of hydrogen-bond acceptors (Lipinski definition) is 4. The maximum Gasteiger partial charge on any atom is 0.272 e. The molecule has 1 unspecified atom stereocenters. The first kappa shape index (κ1) is 18.1. The second-order valence-electron chi connectivity index (χ2n) is 6.78. The van der Waals surface area contributed by atoms with E-state index in [9.17, 15) is 20.0 Å². The van der Waals surface area contributed by atoms with Crippen LogP contribution in [0.4, 0.5) is 11.4 Å². The Balaban J connectivity index is 1.73. The third-order valence-corrected chi connectivity index (χ3v) is 4.80. The molecule has 2 N–H and O–H groups in total. The van der Waals surface area contributed by atoms with Crippen LogP contribution in [-0.2, 0) is 17.6 Å². The predicted octanol–water partition coefficient (Wildman–Crippen LogP) is 3.84. The summed E-state index contributed by atoms with van der Waals surface area (Å²) >= 11 is 0. The zero-order valence-corrected chi connectivity index (χ0v) is 14.7. The Labute approximate surface area is 152 Å². The summed E-state index contributed by atoms with van der Waals surface area (Å²) in [6, 6.07) is 10.4. The van der Waals surface area contributed by atoms with Gasteiger partial charge in [-0.25, -0.2) is 0 Å². The molecular weight excluding hydrogens is 332 g/mol. The highest BCUT2D eigenvalue weighted by atomic mass is 16.6. The van der Waals surface area contributed by atoms with Crippen molar-refractivity contribution in [2.24, 2.45) is 0 Å². The molecule has 0 bridgehead atoms. The maximum atomic E-state index is 12.3. The van der Waals surface area contributed by atoms with E-state index in [1.807, 2.05) is 18.2 Å². The fourth-order valence-corrected chi connectivity index (χ4v) is 3.37. The van der Waals surface area contributed by atoms with Gasteiger partial charge in [-0.2, -0.15) is 0 Å². The minimum atomic E-state index is -0.496. The van der Waals surface area contributed by atoms with E-state index in [2.05, 4.69) is 5.32 Å². The molecular formula is C20H22N2O4. The van der Waals surface area contributed by atoms with Crippen molar-refractivity contribution in [1.29, 1.82) is 0 Å². The summed E-state index contributed by atoms with van der Waals surface area (Å²) in [4.78, 5) is 22.9. The van der Waals surface area contributed by atoms with E-state index in [1.54, 1.807) is 19.1 Å². The van der Waals surface area contributed by atoms with Crippen LogP contribution in [-0.4, -0.2) is 15.9 Å². The summed E-state index contributed by atoms with van der Waals surface area (Å²) in [5.41, 5.74) is 3.82. The van der Waals surface area contributed by atoms with Crippen LogP contribution >= 0.6 is 0 Å². The molecule has 1 amide bonds. The van der Waals surface area contributed by atoms with E-state index < -0.39 is 11.0 Å². The number of rotatable bonds is 4. The van der Waals surface area contributed by atoms with Crippen LogP contribution in [0.2, 0.25) is 0 Å². The molecule has 2 aromatic carbocycles. The molecule has 26 heavy (non-hydrogen) atoms. The number of nitrogens with one attached hydrogen (secondary N) is 1. The lowest BCUT2D eigenvalue weighted by molar-refractivity contribution is -0.385. The van der Waals surface area contributed by atoms with Crippen molar-refractivity contribution in [2.75, 3.05) is 5.32 Å². The van der Waals surface area contributed by atoms with Gasteiger partial charge in [0.25, 0.3) is 5.69 Å². The summed E-state index contributed by atoms with van der Waals surface area (Å²) in [5.74, 6) is -0.244. The van der Waals surface area contributed by atoms with E-state index in [-0.39, 0.29) is 18.0 Å². The normalized spacial score (nSPS) is 16.5. The number of aliphatic hydroxyl groups is 1. The number of fused-ring (bicyclic) bond motifs is 1. The van der Waals surface area contributed by atoms with Gasteiger partial charge in [-0.3, -0.25) is 14.9 Å². The topological polar surface area (TPSA) is 92.5 Å². The van der Waals surface area contributed by atoms with Gasteiger partial charge in [0, 0.05) is 17.3 Å². The second kappa shape index (κ2) is 7.66. The van der Waals surface area contributed by atoms with Crippen LogP contribution in [0.25, 0.3) is 0 Å². The Hall–Kier alpha value is -2.73. The summed E-state index contributed by atoms with van der Waals surface area (Å²) in [7, 11) is 0. The van der Waals surface area contributed by atoms with Crippen molar-refractivity contribution >= 4 is 17.3 Å². The molecule has 0 fully saturated rings. The number of carbonyl (C=O) groups excluding carboxylic acids is 1. The van der Waals surface area contributed by atoms with E-state index >= 15 is 0 Å². The molecule has 0 heterocycles. The lowest BCUT2D eigenvalue weighted by Crippen LogP contribution is -2.15. The number of carbonyl (C=O) groups is 1. The van der Waals surface area contributed by atoms with E-state index in [4.69, 9.17) is 0 Å². The van der Waals surface area contributed by atoms with Gasteiger partial charge in [0.05, 0.1) is 17.4 Å². The monoisotopic (exact) mass is 354 g/mol. The van der Waals surface area contributed by atoms with Gasteiger partial charge < -0.3 is 10.4 Å². The highest BCUT2D eigenvalue weighted by molar-refractivity contribution is 5.92. The van der Waals surface area contributed by atoms with Crippen molar-refractivity contribution in [1.82, 2.24) is 0 Å². The fraction of sp³-hybridized carbons (Fsp3) is 0.350. The van der Waals surface area contributed by atoms with Crippen LogP contribution in [0.15, 0.2) is 36.4 Å². The first-order valence-corrected chi connectivity index (χ1v) is 8.78. The quantitative estimate of drug-likeness (QED) is 0.495. The lowest BCUT2D eigenvalue weighted by atomic mass is 10.00. The van der Waals surface area contributed by atoms with Crippen LogP contribution in [0.3, 0.4) is 0 Å². The summed E-state index contributed by atoms with van der Waals surface area (Å²) in [6.07, 6.45) is 3.28. The standard InChI is InChI=1S/C20H22N2O4/c1-13-6-7-14(10-18(13)22(25)26)11-20(24)21-16-9-8-15-4-2-3-5-19(23)17(15)12-16/h6-10,12,19,23H,2-5,11H2,1H3,(H,21,24). The molecule has 6 heteroatoms. The first-order valence-electron chi connectivity index (χ1n) is 8.78. The number of aryl methyl sites for hydroxylation is 2. The van der Waals surface area contributed by atoms with Crippen LogP contribution in [0, 0.1) is 17.0 Å². The van der Waals surface area contributed by atoms with Crippen LogP contribution in [0.5, 0.6) is 0 Å².